The number of nitrogens with zero attached hydrogens (tertiary/aromatic N) is 2. The van der Waals surface area contributed by atoms with Gasteiger partial charge in [-0.15, -0.1) is 0 Å². The number of aliphatic imine (C=N–C) groups is 1. The molecule has 0 aromatic heterocycles. The van der Waals surface area contributed by atoms with Gasteiger partial charge in [0, 0.05) is 24.6 Å². The summed E-state index contributed by atoms with van der Waals surface area (Å²) in [6, 6.07) is 18.0. The molecular formula is C17H15N3O. The standard InChI is InChI=1S/C17H15N3O/c21-17-19-15-9-5-4-8-14(15)16-18-10-13(11-20(16)17)12-6-2-1-3-7-12/h1-9,13H,10-11H2,(H,19,21). The maximum absolute atomic E-state index is 12.3. The second kappa shape index (κ2) is 4.74. The molecule has 21 heavy (non-hydrogen) atoms. The van der Waals surface area contributed by atoms with Crippen LogP contribution in [0.15, 0.2) is 59.6 Å². The van der Waals surface area contributed by atoms with E-state index in [0.717, 1.165) is 23.6 Å². The molecule has 2 aromatic carbocycles. The Balaban J connectivity index is 1.72. The van der Waals surface area contributed by atoms with Crippen LogP contribution in [0, 0.1) is 0 Å². The molecule has 2 aliphatic rings. The Bertz CT molecular complexity index is 724. The van der Waals surface area contributed by atoms with E-state index in [4.69, 9.17) is 0 Å². The van der Waals surface area contributed by atoms with Gasteiger partial charge in [-0.05, 0) is 17.7 Å². The molecule has 0 bridgehead atoms. The van der Waals surface area contributed by atoms with Crippen LogP contribution in [-0.2, 0) is 0 Å². The van der Waals surface area contributed by atoms with Crippen molar-refractivity contribution in [2.75, 3.05) is 18.4 Å². The normalized spacial score (nSPS) is 20.2. The quantitative estimate of drug-likeness (QED) is 0.855. The summed E-state index contributed by atoms with van der Waals surface area (Å²) in [4.78, 5) is 18.7. The highest BCUT2D eigenvalue weighted by Crippen LogP contribution is 2.29. The van der Waals surface area contributed by atoms with Crippen molar-refractivity contribution in [3.05, 3.63) is 65.7 Å². The van der Waals surface area contributed by atoms with E-state index in [-0.39, 0.29) is 11.9 Å². The molecule has 0 fully saturated rings. The molecule has 2 amide bonds. The first-order valence-electron chi connectivity index (χ1n) is 7.10. The number of fused-ring (bicyclic) bond motifs is 3. The van der Waals surface area contributed by atoms with Crippen molar-refractivity contribution in [1.29, 1.82) is 0 Å². The number of carbonyl (C=O) groups is 1. The molecule has 0 saturated heterocycles. The summed E-state index contributed by atoms with van der Waals surface area (Å²) in [7, 11) is 0. The van der Waals surface area contributed by atoms with Crippen LogP contribution < -0.4 is 5.32 Å². The van der Waals surface area contributed by atoms with Gasteiger partial charge < -0.3 is 5.32 Å². The third-order valence-electron chi connectivity index (χ3n) is 4.05. The van der Waals surface area contributed by atoms with Gasteiger partial charge in [-0.25, -0.2) is 4.79 Å². The highest BCUT2D eigenvalue weighted by Gasteiger charge is 2.33. The first-order valence-corrected chi connectivity index (χ1v) is 7.10. The predicted molar refractivity (Wildman–Crippen MR) is 82.8 cm³/mol. The molecule has 0 spiro atoms. The fourth-order valence-corrected chi connectivity index (χ4v) is 2.96. The summed E-state index contributed by atoms with van der Waals surface area (Å²) in [5.41, 5.74) is 3.08. The van der Waals surface area contributed by atoms with Gasteiger partial charge in [-0.1, -0.05) is 42.5 Å². The third-order valence-corrected chi connectivity index (χ3v) is 4.05. The van der Waals surface area contributed by atoms with Crippen molar-refractivity contribution in [2.24, 2.45) is 4.99 Å². The molecule has 2 heterocycles. The van der Waals surface area contributed by atoms with E-state index in [9.17, 15) is 4.79 Å². The van der Waals surface area contributed by atoms with Crippen molar-refractivity contribution in [3.63, 3.8) is 0 Å². The summed E-state index contributed by atoms with van der Waals surface area (Å²) in [6.45, 7) is 1.39. The monoisotopic (exact) mass is 277 g/mol. The average Bonchev–Trinajstić information content (AvgIpc) is 2.55. The molecule has 104 valence electrons. The highest BCUT2D eigenvalue weighted by atomic mass is 16.2. The fourth-order valence-electron chi connectivity index (χ4n) is 2.96. The Morgan fingerprint density at radius 2 is 1.81 bits per heavy atom. The largest absolute Gasteiger partial charge is 0.327 e. The van der Waals surface area contributed by atoms with Gasteiger partial charge in [-0.3, -0.25) is 9.89 Å². The Labute approximate surface area is 123 Å². The van der Waals surface area contributed by atoms with E-state index in [1.54, 1.807) is 4.90 Å². The number of benzene rings is 2. The number of para-hydroxylation sites is 1. The second-order valence-electron chi connectivity index (χ2n) is 5.36. The molecule has 0 saturated carbocycles. The fraction of sp³-hybridized carbons (Fsp3) is 0.176. The minimum absolute atomic E-state index is 0.0897. The van der Waals surface area contributed by atoms with Crippen LogP contribution in [0.1, 0.15) is 17.0 Å². The maximum Gasteiger partial charge on any atom is 0.327 e. The van der Waals surface area contributed by atoms with Crippen LogP contribution in [0.25, 0.3) is 0 Å². The van der Waals surface area contributed by atoms with Crippen LogP contribution in [-0.4, -0.2) is 29.9 Å². The minimum atomic E-state index is -0.0897. The molecule has 1 unspecified atom stereocenters. The summed E-state index contributed by atoms with van der Waals surface area (Å²) in [6.07, 6.45) is 0. The van der Waals surface area contributed by atoms with Crippen molar-refractivity contribution in [3.8, 4) is 0 Å². The van der Waals surface area contributed by atoms with Gasteiger partial charge in [-0.2, -0.15) is 0 Å². The lowest BCUT2D eigenvalue weighted by Gasteiger charge is -2.36. The Kier molecular flexibility index (Phi) is 2.74. The van der Waals surface area contributed by atoms with Crippen molar-refractivity contribution < 1.29 is 4.79 Å². The Morgan fingerprint density at radius 3 is 2.67 bits per heavy atom. The predicted octanol–water partition coefficient (Wildman–Crippen LogP) is 3.08. The lowest BCUT2D eigenvalue weighted by atomic mass is 9.95. The zero-order valence-electron chi connectivity index (χ0n) is 11.5. The molecule has 4 rings (SSSR count). The maximum atomic E-state index is 12.3. The minimum Gasteiger partial charge on any atom is -0.307 e. The summed E-state index contributed by atoms with van der Waals surface area (Å²) >= 11 is 0. The zero-order chi connectivity index (χ0) is 14.2. The number of urea groups is 1. The molecule has 0 radical (unpaired) electrons. The average molecular weight is 277 g/mol. The van der Waals surface area contributed by atoms with E-state index in [0.29, 0.717) is 6.54 Å². The van der Waals surface area contributed by atoms with E-state index >= 15 is 0 Å². The zero-order valence-corrected chi connectivity index (χ0v) is 11.5. The smallest absolute Gasteiger partial charge is 0.307 e. The van der Waals surface area contributed by atoms with E-state index in [2.05, 4.69) is 22.4 Å². The Morgan fingerprint density at radius 1 is 1.05 bits per heavy atom. The van der Waals surface area contributed by atoms with Crippen LogP contribution in [0.4, 0.5) is 10.5 Å². The molecule has 4 heteroatoms. The van der Waals surface area contributed by atoms with Gasteiger partial charge in [0.05, 0.1) is 5.69 Å². The lowest BCUT2D eigenvalue weighted by Crippen LogP contribution is -2.49. The van der Waals surface area contributed by atoms with Gasteiger partial charge in [0.25, 0.3) is 0 Å². The molecule has 2 aromatic rings. The molecular weight excluding hydrogens is 262 g/mol. The summed E-state index contributed by atoms with van der Waals surface area (Å²) in [5, 5.41) is 2.94. The van der Waals surface area contributed by atoms with Gasteiger partial charge >= 0.3 is 6.03 Å². The SMILES string of the molecule is O=C1Nc2ccccc2C2=NCC(c3ccccc3)CN12. The molecule has 4 nitrogen and oxygen atoms in total. The first-order chi connectivity index (χ1) is 10.3. The number of nitrogens with one attached hydrogen (secondary N) is 1. The van der Waals surface area contributed by atoms with E-state index < -0.39 is 0 Å². The number of carbonyl (C=O) groups excluding carboxylic acids is 1. The summed E-state index contributed by atoms with van der Waals surface area (Å²) in [5.74, 6) is 1.05. The molecule has 2 aliphatic heterocycles. The van der Waals surface area contributed by atoms with Crippen LogP contribution in [0.3, 0.4) is 0 Å². The van der Waals surface area contributed by atoms with Gasteiger partial charge in [0.1, 0.15) is 5.84 Å². The first kappa shape index (κ1) is 12.1. The lowest BCUT2D eigenvalue weighted by molar-refractivity contribution is 0.229. The topological polar surface area (TPSA) is 44.7 Å². The molecule has 0 aliphatic carbocycles. The van der Waals surface area contributed by atoms with Crippen LogP contribution >= 0.6 is 0 Å². The number of amidine groups is 1. The third kappa shape index (κ3) is 2.00. The Hall–Kier alpha value is -2.62. The number of hydrogen-bond donors (Lipinski definition) is 1. The molecule has 1 N–H and O–H groups in total. The molecule has 1 atom stereocenters. The number of rotatable bonds is 1. The summed E-state index contributed by atoms with van der Waals surface area (Å²) < 4.78 is 0. The number of hydrogen-bond acceptors (Lipinski definition) is 2. The van der Waals surface area contributed by atoms with Gasteiger partial charge in [0.2, 0.25) is 0 Å². The van der Waals surface area contributed by atoms with E-state index in [1.165, 1.54) is 5.56 Å². The number of anilines is 1. The van der Waals surface area contributed by atoms with Crippen LogP contribution in [0.5, 0.6) is 0 Å². The van der Waals surface area contributed by atoms with E-state index in [1.807, 2.05) is 42.5 Å². The van der Waals surface area contributed by atoms with Crippen molar-refractivity contribution in [2.45, 2.75) is 5.92 Å². The van der Waals surface area contributed by atoms with Crippen LogP contribution in [0.2, 0.25) is 0 Å². The van der Waals surface area contributed by atoms with Crippen molar-refractivity contribution >= 4 is 17.6 Å². The van der Waals surface area contributed by atoms with Gasteiger partial charge in [0.15, 0.2) is 0 Å². The van der Waals surface area contributed by atoms with Crippen molar-refractivity contribution in [1.82, 2.24) is 4.90 Å². The number of amides is 2. The highest BCUT2D eigenvalue weighted by molar-refractivity contribution is 6.18. The second-order valence-corrected chi connectivity index (χ2v) is 5.36.